The molecule has 1 aliphatic rings. The van der Waals surface area contributed by atoms with Crippen LogP contribution in [0.1, 0.15) is 26.3 Å². The summed E-state index contributed by atoms with van der Waals surface area (Å²) in [6.07, 6.45) is 1.18. The number of piperazine rings is 1. The lowest BCUT2D eigenvalue weighted by molar-refractivity contribution is 0.0535. The molecule has 0 atom stereocenters. The van der Waals surface area contributed by atoms with Crippen LogP contribution < -0.4 is 0 Å². The molecule has 2 aromatic carbocycles. The third-order valence-electron chi connectivity index (χ3n) is 4.50. The number of sulfone groups is 1. The Morgan fingerprint density at radius 1 is 0.778 bits per heavy atom. The van der Waals surface area contributed by atoms with E-state index < -0.39 is 9.84 Å². The van der Waals surface area contributed by atoms with E-state index in [-0.39, 0.29) is 17.6 Å². The summed E-state index contributed by atoms with van der Waals surface area (Å²) >= 11 is 0. The highest BCUT2D eigenvalue weighted by Gasteiger charge is 2.25. The smallest absolute Gasteiger partial charge is 0.253 e. The maximum Gasteiger partial charge on any atom is 0.253 e. The largest absolute Gasteiger partial charge is 0.335 e. The van der Waals surface area contributed by atoms with Crippen molar-refractivity contribution in [2.75, 3.05) is 32.4 Å². The van der Waals surface area contributed by atoms with Gasteiger partial charge in [0, 0.05) is 43.6 Å². The lowest BCUT2D eigenvalue weighted by Gasteiger charge is -2.35. The van der Waals surface area contributed by atoms with E-state index in [2.05, 4.69) is 0 Å². The molecule has 2 aromatic rings. The third kappa shape index (κ3) is 4.95. The van der Waals surface area contributed by atoms with Gasteiger partial charge in [-0.2, -0.15) is 0 Å². The molecule has 27 heavy (non-hydrogen) atoms. The van der Waals surface area contributed by atoms with Crippen LogP contribution >= 0.6 is 0 Å². The molecule has 0 aliphatic carbocycles. The Kier molecular flexibility index (Phi) is 5.60. The summed E-state index contributed by atoms with van der Waals surface area (Å²) in [4.78, 5) is 28.6. The van der Waals surface area contributed by atoms with Crippen LogP contribution in [-0.4, -0.2) is 62.5 Å². The first-order valence-corrected chi connectivity index (χ1v) is 10.8. The van der Waals surface area contributed by atoms with Gasteiger partial charge in [-0.15, -0.1) is 0 Å². The van der Waals surface area contributed by atoms with Gasteiger partial charge in [0.1, 0.15) is 0 Å². The fourth-order valence-corrected chi connectivity index (χ4v) is 3.90. The molecule has 0 bridgehead atoms. The predicted octanol–water partition coefficient (Wildman–Crippen LogP) is 1.83. The minimum absolute atomic E-state index is 0.0205. The van der Waals surface area contributed by atoms with Crippen LogP contribution in [0, 0.1) is 0 Å². The fourth-order valence-electron chi connectivity index (χ4n) is 3.10. The summed E-state index contributed by atoms with van der Waals surface area (Å²) in [6.45, 7) is 1.93. The highest BCUT2D eigenvalue weighted by atomic mass is 32.2. The second kappa shape index (κ2) is 7.92. The number of hydrogen-bond acceptors (Lipinski definition) is 4. The number of amides is 2. The zero-order valence-corrected chi connectivity index (χ0v) is 16.0. The van der Waals surface area contributed by atoms with Crippen molar-refractivity contribution in [2.24, 2.45) is 0 Å². The van der Waals surface area contributed by atoms with E-state index in [1.165, 1.54) is 6.26 Å². The van der Waals surface area contributed by atoms with Crippen molar-refractivity contribution in [3.05, 3.63) is 71.3 Å². The van der Waals surface area contributed by atoms with Crippen molar-refractivity contribution in [3.8, 4) is 0 Å². The van der Waals surface area contributed by atoms with Crippen molar-refractivity contribution >= 4 is 21.7 Å². The molecule has 0 spiro atoms. The first-order valence-electron chi connectivity index (χ1n) is 8.74. The van der Waals surface area contributed by atoms with Crippen molar-refractivity contribution in [2.45, 2.75) is 5.75 Å². The molecule has 142 valence electrons. The number of rotatable bonds is 4. The quantitative estimate of drug-likeness (QED) is 0.803. The van der Waals surface area contributed by atoms with E-state index in [9.17, 15) is 18.0 Å². The summed E-state index contributed by atoms with van der Waals surface area (Å²) in [5.41, 5.74) is 1.83. The van der Waals surface area contributed by atoms with Gasteiger partial charge in [0.2, 0.25) is 0 Å². The minimum Gasteiger partial charge on any atom is -0.335 e. The number of nitrogens with zero attached hydrogens (tertiary/aromatic N) is 2. The summed E-state index contributed by atoms with van der Waals surface area (Å²) < 4.78 is 22.7. The van der Waals surface area contributed by atoms with E-state index in [0.717, 1.165) is 0 Å². The van der Waals surface area contributed by atoms with Crippen LogP contribution in [0.25, 0.3) is 0 Å². The molecule has 0 radical (unpaired) electrons. The van der Waals surface area contributed by atoms with E-state index in [4.69, 9.17) is 0 Å². The van der Waals surface area contributed by atoms with Gasteiger partial charge in [-0.25, -0.2) is 8.42 Å². The zero-order chi connectivity index (χ0) is 19.4. The first-order chi connectivity index (χ1) is 12.8. The van der Waals surface area contributed by atoms with Crippen LogP contribution in [0.4, 0.5) is 0 Å². The van der Waals surface area contributed by atoms with Gasteiger partial charge in [-0.1, -0.05) is 30.3 Å². The molecule has 1 saturated heterocycles. The first kappa shape index (κ1) is 19.1. The van der Waals surface area contributed by atoms with Crippen molar-refractivity contribution in [1.82, 2.24) is 9.80 Å². The Bertz CT molecular complexity index is 916. The van der Waals surface area contributed by atoms with Gasteiger partial charge in [0.05, 0.1) is 5.75 Å². The number of carbonyl (C=O) groups is 2. The van der Waals surface area contributed by atoms with E-state index in [1.54, 1.807) is 46.2 Å². The fraction of sp³-hybridized carbons (Fsp3) is 0.300. The maximum absolute atomic E-state index is 12.6. The lowest BCUT2D eigenvalue weighted by Crippen LogP contribution is -2.50. The lowest BCUT2D eigenvalue weighted by atomic mass is 10.1. The van der Waals surface area contributed by atoms with Crippen LogP contribution in [0.15, 0.2) is 54.6 Å². The Morgan fingerprint density at radius 2 is 1.22 bits per heavy atom. The van der Waals surface area contributed by atoms with Crippen LogP contribution in [0.2, 0.25) is 0 Å². The molecule has 0 saturated carbocycles. The SMILES string of the molecule is CS(=O)(=O)Cc1ccc(C(=O)N2CCN(C(=O)c3ccccc3)CC2)cc1. The van der Waals surface area contributed by atoms with E-state index >= 15 is 0 Å². The highest BCUT2D eigenvalue weighted by Crippen LogP contribution is 2.13. The molecule has 0 aromatic heterocycles. The zero-order valence-electron chi connectivity index (χ0n) is 15.2. The highest BCUT2D eigenvalue weighted by molar-refractivity contribution is 7.89. The number of hydrogen-bond donors (Lipinski definition) is 0. The molecule has 7 heteroatoms. The minimum atomic E-state index is -3.10. The monoisotopic (exact) mass is 386 g/mol. The van der Waals surface area contributed by atoms with Gasteiger partial charge in [-0.3, -0.25) is 9.59 Å². The average Bonchev–Trinajstić information content (AvgIpc) is 2.67. The molecule has 2 amide bonds. The molecule has 1 heterocycles. The number of carbonyl (C=O) groups excluding carboxylic acids is 2. The van der Waals surface area contributed by atoms with Crippen LogP contribution in [0.3, 0.4) is 0 Å². The van der Waals surface area contributed by atoms with Gasteiger partial charge < -0.3 is 9.80 Å². The third-order valence-corrected chi connectivity index (χ3v) is 5.36. The summed E-state index contributed by atoms with van der Waals surface area (Å²) in [5, 5.41) is 0. The number of benzene rings is 2. The Hall–Kier alpha value is -2.67. The Morgan fingerprint density at radius 3 is 1.67 bits per heavy atom. The average molecular weight is 386 g/mol. The Balaban J connectivity index is 1.59. The van der Waals surface area contributed by atoms with Crippen molar-refractivity contribution in [1.29, 1.82) is 0 Å². The van der Waals surface area contributed by atoms with Crippen molar-refractivity contribution in [3.63, 3.8) is 0 Å². The van der Waals surface area contributed by atoms with Gasteiger partial charge in [0.15, 0.2) is 9.84 Å². The van der Waals surface area contributed by atoms with E-state index in [0.29, 0.717) is 42.9 Å². The molecule has 0 N–H and O–H groups in total. The molecular formula is C20H22N2O4S. The van der Waals surface area contributed by atoms with Crippen LogP contribution in [0.5, 0.6) is 0 Å². The molecule has 1 aliphatic heterocycles. The normalized spacial score (nSPS) is 14.9. The van der Waals surface area contributed by atoms with E-state index in [1.807, 2.05) is 18.2 Å². The summed E-state index contributed by atoms with van der Waals surface area (Å²) in [6, 6.07) is 15.8. The second-order valence-corrected chi connectivity index (χ2v) is 8.86. The van der Waals surface area contributed by atoms with Crippen molar-refractivity contribution < 1.29 is 18.0 Å². The molecule has 1 fully saturated rings. The molecule has 6 nitrogen and oxygen atoms in total. The summed E-state index contributed by atoms with van der Waals surface area (Å²) in [7, 11) is -3.10. The topological polar surface area (TPSA) is 74.8 Å². The second-order valence-electron chi connectivity index (χ2n) is 6.72. The molecular weight excluding hydrogens is 364 g/mol. The standard InChI is InChI=1S/C20H22N2O4S/c1-27(25,26)15-16-7-9-18(10-8-16)20(24)22-13-11-21(12-14-22)19(23)17-5-3-2-4-6-17/h2-10H,11-15H2,1H3. The Labute approximate surface area is 159 Å². The molecule has 0 unspecified atom stereocenters. The van der Waals surface area contributed by atoms with Crippen LogP contribution in [-0.2, 0) is 15.6 Å². The molecule has 3 rings (SSSR count). The predicted molar refractivity (Wildman–Crippen MR) is 103 cm³/mol. The summed E-state index contributed by atoms with van der Waals surface area (Å²) in [5.74, 6) is -0.164. The van der Waals surface area contributed by atoms with Gasteiger partial charge in [-0.05, 0) is 29.8 Å². The maximum atomic E-state index is 12.6. The van der Waals surface area contributed by atoms with Gasteiger partial charge >= 0.3 is 0 Å². The van der Waals surface area contributed by atoms with Gasteiger partial charge in [0.25, 0.3) is 11.8 Å².